The number of hydrogen-bond acceptors (Lipinski definition) is 11. The van der Waals surface area contributed by atoms with E-state index in [2.05, 4.69) is 53.2 Å². The zero-order valence-electron chi connectivity index (χ0n) is 43.9. The standard InChI is InChI=1S/C28H32ClN5O4.C24H24Cl2N4O3.C5H10O/c1-28(2)16-33(17-28)24(36)15-34-25-22(19(7-9-30-25)13-32-10-8-21(35)14-32)11-23(27(34)38)26(37)31-12-18-3-5-20(29)6-4-18;1-24(2)13-29(14-24)20(31)12-30-21-18(16(10-25)7-8-27-21)9-19(23(30)33)22(32)28-11-15-3-5-17(26)6-4-15;6-5-3-1-2-4-5/h3-7,9,11,21,35H,8,10,12-17H2,1-2H3,(H,31,37);3-9H,10-14H2,1-2H3,(H,28,32);5-6H,1-4H2. The number of alkyl halides is 1. The molecule has 2 aromatic carbocycles. The summed E-state index contributed by atoms with van der Waals surface area (Å²) in [7, 11) is 0. The molecule has 20 heteroatoms. The maximum Gasteiger partial charge on any atom is 0.265 e. The number of likely N-dealkylation sites (tertiary alicyclic amines) is 3. The third-order valence-electron chi connectivity index (χ3n) is 14.3. The van der Waals surface area contributed by atoms with Gasteiger partial charge in [0.15, 0.2) is 0 Å². The fraction of sp³-hybridized carbons (Fsp3) is 0.439. The van der Waals surface area contributed by atoms with Crippen LogP contribution >= 0.6 is 34.8 Å². The highest BCUT2D eigenvalue weighted by Crippen LogP contribution is 2.31. The first-order valence-corrected chi connectivity index (χ1v) is 27.2. The van der Waals surface area contributed by atoms with E-state index in [0.717, 1.165) is 41.6 Å². The molecule has 1 aliphatic carbocycles. The van der Waals surface area contributed by atoms with Crippen LogP contribution in [0.2, 0.25) is 10.0 Å². The van der Waals surface area contributed by atoms with E-state index in [1.165, 1.54) is 28.0 Å². The molecule has 7 heterocycles. The molecule has 77 heavy (non-hydrogen) atoms. The van der Waals surface area contributed by atoms with Gasteiger partial charge < -0.3 is 30.6 Å². The van der Waals surface area contributed by atoms with Crippen molar-refractivity contribution in [2.75, 3.05) is 39.3 Å². The monoisotopic (exact) mass is 1110 g/mol. The first-order valence-electron chi connectivity index (χ1n) is 26.0. The van der Waals surface area contributed by atoms with E-state index >= 15 is 0 Å². The van der Waals surface area contributed by atoms with E-state index in [1.807, 2.05) is 6.07 Å². The summed E-state index contributed by atoms with van der Waals surface area (Å²) in [5.41, 5.74) is 2.88. The van der Waals surface area contributed by atoms with Gasteiger partial charge in [0.1, 0.15) is 35.5 Å². The van der Waals surface area contributed by atoms with Crippen molar-refractivity contribution in [3.8, 4) is 0 Å². The Hall–Kier alpha value is -6.21. The lowest BCUT2D eigenvalue weighted by molar-refractivity contribution is -0.142. The summed E-state index contributed by atoms with van der Waals surface area (Å²) >= 11 is 18.0. The van der Waals surface area contributed by atoms with Crippen molar-refractivity contribution in [1.82, 2.24) is 44.4 Å². The van der Waals surface area contributed by atoms with Crippen LogP contribution in [0.3, 0.4) is 0 Å². The molecule has 1 unspecified atom stereocenters. The molecule has 17 nitrogen and oxygen atoms in total. The smallest absolute Gasteiger partial charge is 0.265 e. The van der Waals surface area contributed by atoms with E-state index in [-0.39, 0.29) is 78.0 Å². The minimum absolute atomic E-state index is 0.0427. The molecule has 408 valence electrons. The number of rotatable bonds is 13. The Balaban J connectivity index is 0.000000185. The lowest BCUT2D eigenvalue weighted by Gasteiger charge is -2.45. The van der Waals surface area contributed by atoms with E-state index in [4.69, 9.17) is 39.9 Å². The molecular weight excluding hydrogens is 1050 g/mol. The van der Waals surface area contributed by atoms with Crippen LogP contribution < -0.4 is 21.8 Å². The van der Waals surface area contributed by atoms with E-state index in [1.54, 1.807) is 82.9 Å². The normalized spacial score (nSPS) is 17.6. The van der Waals surface area contributed by atoms with Crippen molar-refractivity contribution in [3.05, 3.63) is 149 Å². The number of carbonyl (C=O) groups excluding carboxylic acids is 4. The third kappa shape index (κ3) is 14.3. The Morgan fingerprint density at radius 2 is 1.05 bits per heavy atom. The van der Waals surface area contributed by atoms with Gasteiger partial charge in [0.05, 0.1) is 12.2 Å². The zero-order valence-corrected chi connectivity index (χ0v) is 46.1. The van der Waals surface area contributed by atoms with Gasteiger partial charge in [-0.15, -0.1) is 11.6 Å². The predicted molar refractivity (Wildman–Crippen MR) is 298 cm³/mol. The summed E-state index contributed by atoms with van der Waals surface area (Å²) in [6.45, 7) is 12.7. The number of fused-ring (bicyclic) bond motifs is 2. The molecular formula is C57H66Cl3N9O8. The fourth-order valence-corrected chi connectivity index (χ4v) is 10.7. The number of aliphatic hydroxyl groups excluding tert-OH is 2. The first kappa shape index (κ1) is 57.0. The predicted octanol–water partition coefficient (Wildman–Crippen LogP) is 6.92. The number of pyridine rings is 4. The number of benzene rings is 2. The quantitative estimate of drug-likeness (QED) is 0.0872. The van der Waals surface area contributed by atoms with E-state index in [0.29, 0.717) is 77.8 Å². The van der Waals surface area contributed by atoms with Crippen LogP contribution in [0, 0.1) is 10.8 Å². The van der Waals surface area contributed by atoms with Gasteiger partial charge in [-0.05, 0) is 101 Å². The summed E-state index contributed by atoms with van der Waals surface area (Å²) in [6, 6.07) is 20.8. The van der Waals surface area contributed by atoms with Crippen LogP contribution in [0.5, 0.6) is 0 Å². The van der Waals surface area contributed by atoms with Crippen LogP contribution in [0.25, 0.3) is 22.1 Å². The van der Waals surface area contributed by atoms with Crippen LogP contribution in [0.4, 0.5) is 0 Å². The van der Waals surface area contributed by atoms with Gasteiger partial charge in [0, 0.05) is 98.0 Å². The van der Waals surface area contributed by atoms with Crippen molar-refractivity contribution in [3.63, 3.8) is 0 Å². The lowest BCUT2D eigenvalue weighted by Crippen LogP contribution is -2.56. The molecule has 4 fully saturated rings. The Labute approximate surface area is 462 Å². The maximum atomic E-state index is 13.6. The Morgan fingerprint density at radius 1 is 0.623 bits per heavy atom. The highest BCUT2D eigenvalue weighted by molar-refractivity contribution is 6.30. The van der Waals surface area contributed by atoms with Gasteiger partial charge in [-0.1, -0.05) is 88.0 Å². The number of β-amino-alcohol motifs (C(OH)–C–C–N with tert-alkyl or cyclic N) is 1. The number of halogens is 3. The average Bonchev–Trinajstić information content (AvgIpc) is 4.06. The molecule has 0 radical (unpaired) electrons. The number of aliphatic hydroxyl groups is 2. The number of carbonyl (C=O) groups is 4. The molecule has 0 bridgehead atoms. The maximum absolute atomic E-state index is 13.6. The van der Waals surface area contributed by atoms with E-state index < -0.39 is 22.9 Å². The molecule has 1 saturated carbocycles. The SMILES string of the molecule is CC1(C)CN(C(=O)Cn2c(=O)c(C(=O)NCc3ccc(Cl)cc3)cc3c(CCl)ccnc32)C1.CC1(C)CN(C(=O)Cn2c(=O)c(C(=O)NCc3ccc(Cl)cc3)cc3c(CN4CCC(O)C4)ccnc32)C1.OC1CCCC1. The van der Waals surface area contributed by atoms with Gasteiger partial charge in [-0.2, -0.15) is 0 Å². The summed E-state index contributed by atoms with van der Waals surface area (Å²) in [5, 5.41) is 26.7. The Morgan fingerprint density at radius 3 is 1.43 bits per heavy atom. The summed E-state index contributed by atoms with van der Waals surface area (Å²) < 4.78 is 2.60. The first-order chi connectivity index (χ1) is 36.7. The van der Waals surface area contributed by atoms with E-state index in [9.17, 15) is 33.9 Å². The molecule has 4 N–H and O–H groups in total. The Bertz CT molecular complexity index is 3250. The van der Waals surface area contributed by atoms with Crippen LogP contribution in [-0.2, 0) is 48.2 Å². The van der Waals surface area contributed by atoms with Gasteiger partial charge in [-0.25, -0.2) is 9.97 Å². The second-order valence-corrected chi connectivity index (χ2v) is 23.1. The summed E-state index contributed by atoms with van der Waals surface area (Å²) in [5.74, 6) is -1.25. The van der Waals surface area contributed by atoms with Crippen molar-refractivity contribution in [1.29, 1.82) is 0 Å². The topological polar surface area (TPSA) is 212 Å². The number of amides is 4. The van der Waals surface area contributed by atoms with Crippen molar-refractivity contribution in [2.24, 2.45) is 10.8 Å². The van der Waals surface area contributed by atoms with Crippen LogP contribution in [0.1, 0.15) is 103 Å². The van der Waals surface area contributed by atoms with Gasteiger partial charge in [0.2, 0.25) is 11.8 Å². The van der Waals surface area contributed by atoms with Gasteiger partial charge in [0.25, 0.3) is 22.9 Å². The largest absolute Gasteiger partial charge is 0.393 e. The molecule has 6 aromatic rings. The van der Waals surface area contributed by atoms with Crippen molar-refractivity contribution < 1.29 is 29.4 Å². The minimum atomic E-state index is -0.566. The van der Waals surface area contributed by atoms with Gasteiger partial charge >= 0.3 is 0 Å². The molecule has 4 amide bonds. The number of nitrogens with zero attached hydrogens (tertiary/aromatic N) is 7. The number of nitrogens with one attached hydrogen (secondary N) is 2. The zero-order chi connectivity index (χ0) is 55.2. The number of hydrogen-bond donors (Lipinski definition) is 4. The van der Waals surface area contributed by atoms with Crippen LogP contribution in [0.15, 0.2) is 94.8 Å². The molecule has 4 aromatic heterocycles. The lowest BCUT2D eigenvalue weighted by atomic mass is 9.84. The summed E-state index contributed by atoms with van der Waals surface area (Å²) in [4.78, 5) is 93.4. The second kappa shape index (κ2) is 24.6. The van der Waals surface area contributed by atoms with Crippen LogP contribution in [-0.4, -0.2) is 119 Å². The van der Waals surface area contributed by atoms with Gasteiger partial charge in [-0.3, -0.25) is 42.8 Å². The molecule has 10 rings (SSSR count). The molecule has 4 aliphatic rings. The van der Waals surface area contributed by atoms with Crippen molar-refractivity contribution >= 4 is 80.5 Å². The Kier molecular flexibility index (Phi) is 18.2. The highest BCUT2D eigenvalue weighted by Gasteiger charge is 2.38. The highest BCUT2D eigenvalue weighted by atomic mass is 35.5. The van der Waals surface area contributed by atoms with Crippen molar-refractivity contribution in [2.45, 2.75) is 111 Å². The third-order valence-corrected chi connectivity index (χ3v) is 15.1. The fourth-order valence-electron chi connectivity index (χ4n) is 10.2. The summed E-state index contributed by atoms with van der Waals surface area (Å²) in [6.07, 6.45) is 8.11. The molecule has 1 atom stereocenters. The minimum Gasteiger partial charge on any atom is -0.393 e. The second-order valence-electron chi connectivity index (χ2n) is 22.0. The molecule has 3 saturated heterocycles. The average molecular weight is 1110 g/mol. The molecule has 3 aliphatic heterocycles. The number of aromatic nitrogens is 4. The molecule has 0 spiro atoms.